The van der Waals surface area contributed by atoms with Gasteiger partial charge in [0.05, 0.1) is 18.7 Å². The molecule has 6 heteroatoms. The number of aromatic nitrogens is 1. The summed E-state index contributed by atoms with van der Waals surface area (Å²) in [6.07, 6.45) is 2.90. The minimum atomic E-state index is -0.835. The summed E-state index contributed by atoms with van der Waals surface area (Å²) in [6.45, 7) is 10.9. The average molecular weight is 507 g/mol. The van der Waals surface area contributed by atoms with Crippen LogP contribution in [0.3, 0.4) is 0 Å². The summed E-state index contributed by atoms with van der Waals surface area (Å²) >= 11 is 5.97. The Morgan fingerprint density at radius 1 is 1.03 bits per heavy atom. The monoisotopic (exact) mass is 506 g/mol. The first-order valence-corrected chi connectivity index (χ1v) is 13.0. The highest BCUT2D eigenvalue weighted by molar-refractivity contribution is 6.30. The molecule has 0 bridgehead atoms. The molecule has 1 saturated heterocycles. The Kier molecular flexibility index (Phi) is 7.89. The van der Waals surface area contributed by atoms with Crippen LogP contribution < -0.4 is 9.64 Å². The number of pyridine rings is 1. The fourth-order valence-corrected chi connectivity index (χ4v) is 5.04. The van der Waals surface area contributed by atoms with Crippen molar-refractivity contribution in [3.8, 4) is 16.9 Å². The molecule has 1 aliphatic rings. The molecule has 36 heavy (non-hydrogen) atoms. The molecule has 1 aromatic heterocycles. The Balaban J connectivity index is 1.61. The zero-order valence-corrected chi connectivity index (χ0v) is 22.4. The van der Waals surface area contributed by atoms with Gasteiger partial charge in [-0.1, -0.05) is 49.7 Å². The first-order chi connectivity index (χ1) is 17.1. The van der Waals surface area contributed by atoms with Gasteiger partial charge in [0.2, 0.25) is 0 Å². The van der Waals surface area contributed by atoms with Crippen LogP contribution in [-0.4, -0.2) is 35.8 Å². The zero-order chi connectivity index (χ0) is 25.9. The molecule has 2 heterocycles. The summed E-state index contributed by atoms with van der Waals surface area (Å²) < 4.78 is 5.99. The van der Waals surface area contributed by atoms with Gasteiger partial charge in [0.25, 0.3) is 0 Å². The van der Waals surface area contributed by atoms with Crippen LogP contribution in [0.1, 0.15) is 49.2 Å². The fourth-order valence-electron chi connectivity index (χ4n) is 4.92. The van der Waals surface area contributed by atoms with Gasteiger partial charge in [0, 0.05) is 47.0 Å². The summed E-state index contributed by atoms with van der Waals surface area (Å²) in [5, 5.41) is 10.4. The predicted octanol–water partition coefficient (Wildman–Crippen LogP) is 6.89. The molecule has 5 nitrogen and oxygen atoms in total. The lowest BCUT2D eigenvalue weighted by Crippen LogP contribution is -2.38. The Hall–Kier alpha value is -3.05. The van der Waals surface area contributed by atoms with Crippen molar-refractivity contribution in [1.82, 2.24) is 4.98 Å². The van der Waals surface area contributed by atoms with Crippen molar-refractivity contribution in [3.63, 3.8) is 0 Å². The van der Waals surface area contributed by atoms with Crippen molar-refractivity contribution in [2.75, 3.05) is 24.6 Å². The van der Waals surface area contributed by atoms with E-state index in [9.17, 15) is 9.90 Å². The van der Waals surface area contributed by atoms with E-state index in [1.54, 1.807) is 0 Å². The van der Waals surface area contributed by atoms with Crippen LogP contribution in [-0.2, 0) is 17.6 Å². The molecule has 4 rings (SSSR count). The van der Waals surface area contributed by atoms with E-state index >= 15 is 0 Å². The lowest BCUT2D eigenvalue weighted by molar-refractivity contribution is -0.136. The number of aryl methyl sites for hydroxylation is 2. The van der Waals surface area contributed by atoms with E-state index in [1.165, 1.54) is 5.56 Å². The van der Waals surface area contributed by atoms with E-state index in [-0.39, 0.29) is 6.42 Å². The quantitative estimate of drug-likeness (QED) is 0.360. The number of aliphatic carboxylic acids is 1. The Labute approximate surface area is 219 Å². The van der Waals surface area contributed by atoms with Gasteiger partial charge in [0.1, 0.15) is 5.75 Å². The van der Waals surface area contributed by atoms with Crippen LogP contribution in [0.5, 0.6) is 5.75 Å². The second kappa shape index (κ2) is 10.9. The topological polar surface area (TPSA) is 62.7 Å². The van der Waals surface area contributed by atoms with E-state index < -0.39 is 5.97 Å². The number of halogens is 1. The van der Waals surface area contributed by atoms with Crippen LogP contribution in [0, 0.1) is 19.3 Å². The highest BCUT2D eigenvalue weighted by Gasteiger charge is 2.30. The number of carboxylic acid groups (broad SMARTS) is 1. The van der Waals surface area contributed by atoms with E-state index in [0.717, 1.165) is 76.9 Å². The number of rotatable bonds is 8. The number of carbonyl (C=O) groups is 1. The maximum absolute atomic E-state index is 11.8. The number of hydrogen-bond donors (Lipinski definition) is 1. The van der Waals surface area contributed by atoms with Gasteiger partial charge in [-0.05, 0) is 67.5 Å². The number of nitrogens with zero attached hydrogens (tertiary/aromatic N) is 2. The predicted molar refractivity (Wildman–Crippen MR) is 146 cm³/mol. The van der Waals surface area contributed by atoms with Crippen LogP contribution in [0.2, 0.25) is 5.02 Å². The summed E-state index contributed by atoms with van der Waals surface area (Å²) in [5.41, 5.74) is 7.06. The molecule has 2 aromatic carbocycles. The maximum atomic E-state index is 11.8. The number of benzene rings is 2. The molecule has 0 aliphatic carbocycles. The zero-order valence-electron chi connectivity index (χ0n) is 21.6. The number of carboxylic acids is 1. The molecule has 0 atom stereocenters. The third-order valence-electron chi connectivity index (χ3n) is 7.13. The standard InChI is InChI=1S/C30H35ClN2O3/c1-20-26(19-27(34)35)29(33-16-14-30(3,4)15-17-33)28(21(2)32-20)23-7-11-25(12-8-23)36-18-13-22-5-9-24(31)10-6-22/h5-12H,13-19H2,1-4H3,(H,34,35). The van der Waals surface area contributed by atoms with Gasteiger partial charge in [-0.2, -0.15) is 0 Å². The first kappa shape index (κ1) is 26.0. The second-order valence-electron chi connectivity index (χ2n) is 10.5. The van der Waals surface area contributed by atoms with Crippen LogP contribution in [0.25, 0.3) is 11.1 Å². The lowest BCUT2D eigenvalue weighted by Gasteiger charge is -2.40. The van der Waals surface area contributed by atoms with Crippen molar-refractivity contribution in [3.05, 3.63) is 76.1 Å². The molecule has 190 valence electrons. The summed E-state index contributed by atoms with van der Waals surface area (Å²) in [5.74, 6) is -0.0322. The number of piperidine rings is 1. The van der Waals surface area contributed by atoms with Gasteiger partial charge in [-0.15, -0.1) is 0 Å². The Morgan fingerprint density at radius 3 is 2.28 bits per heavy atom. The summed E-state index contributed by atoms with van der Waals surface area (Å²) in [7, 11) is 0. The second-order valence-corrected chi connectivity index (χ2v) is 10.9. The van der Waals surface area contributed by atoms with Gasteiger partial charge < -0.3 is 14.7 Å². The SMILES string of the molecule is Cc1nc(C)c(-c2ccc(OCCc3ccc(Cl)cc3)cc2)c(N2CCC(C)(C)CC2)c1CC(=O)O. The molecule has 0 amide bonds. The molecule has 0 saturated carbocycles. The molecule has 1 aliphatic heterocycles. The van der Waals surface area contributed by atoms with Crippen molar-refractivity contribution in [2.45, 2.75) is 53.4 Å². The van der Waals surface area contributed by atoms with Crippen molar-refractivity contribution < 1.29 is 14.6 Å². The van der Waals surface area contributed by atoms with Crippen molar-refractivity contribution >= 4 is 23.3 Å². The molecule has 1 N–H and O–H groups in total. The van der Waals surface area contributed by atoms with Gasteiger partial charge in [-0.3, -0.25) is 9.78 Å². The van der Waals surface area contributed by atoms with Gasteiger partial charge in [0.15, 0.2) is 0 Å². The van der Waals surface area contributed by atoms with Gasteiger partial charge in [-0.25, -0.2) is 0 Å². The van der Waals surface area contributed by atoms with E-state index in [4.69, 9.17) is 21.3 Å². The normalized spacial score (nSPS) is 15.1. The molecular weight excluding hydrogens is 472 g/mol. The third-order valence-corrected chi connectivity index (χ3v) is 7.39. The maximum Gasteiger partial charge on any atom is 0.307 e. The van der Waals surface area contributed by atoms with E-state index in [2.05, 4.69) is 30.9 Å². The number of ether oxygens (including phenoxy) is 1. The Bertz CT molecular complexity index is 1210. The summed E-state index contributed by atoms with van der Waals surface area (Å²) in [4.78, 5) is 18.9. The smallest absolute Gasteiger partial charge is 0.307 e. The van der Waals surface area contributed by atoms with Crippen molar-refractivity contribution in [2.24, 2.45) is 5.41 Å². The summed E-state index contributed by atoms with van der Waals surface area (Å²) in [6, 6.07) is 15.9. The average Bonchev–Trinajstić information content (AvgIpc) is 2.82. The van der Waals surface area contributed by atoms with Crippen LogP contribution in [0.15, 0.2) is 48.5 Å². The molecule has 1 fully saturated rings. The highest BCUT2D eigenvalue weighted by atomic mass is 35.5. The largest absolute Gasteiger partial charge is 0.493 e. The number of hydrogen-bond acceptors (Lipinski definition) is 4. The highest BCUT2D eigenvalue weighted by Crippen LogP contribution is 2.41. The molecular formula is C30H35ClN2O3. The minimum Gasteiger partial charge on any atom is -0.493 e. The molecule has 3 aromatic rings. The van der Waals surface area contributed by atoms with E-state index in [0.29, 0.717) is 12.0 Å². The Morgan fingerprint density at radius 2 is 1.67 bits per heavy atom. The van der Waals surface area contributed by atoms with Crippen LogP contribution in [0.4, 0.5) is 5.69 Å². The molecule has 0 unspecified atom stereocenters. The third kappa shape index (κ3) is 6.19. The fraction of sp³-hybridized carbons (Fsp3) is 0.400. The van der Waals surface area contributed by atoms with E-state index in [1.807, 2.05) is 50.2 Å². The number of anilines is 1. The van der Waals surface area contributed by atoms with Gasteiger partial charge >= 0.3 is 5.97 Å². The van der Waals surface area contributed by atoms with Crippen molar-refractivity contribution in [1.29, 1.82) is 0 Å². The first-order valence-electron chi connectivity index (χ1n) is 12.6. The molecule has 0 spiro atoms. The lowest BCUT2D eigenvalue weighted by atomic mass is 9.82. The molecule has 0 radical (unpaired) electrons. The van der Waals surface area contributed by atoms with Crippen LogP contribution >= 0.6 is 11.6 Å². The minimum absolute atomic E-state index is 0.0345.